The largest absolute Gasteiger partial charge is 0.508 e. The Morgan fingerprint density at radius 1 is 0.933 bits per heavy atom. The van der Waals surface area contributed by atoms with E-state index < -0.39 is 0 Å². The lowest BCUT2D eigenvalue weighted by molar-refractivity contribution is -0.110. The number of para-hydroxylation sites is 1. The lowest BCUT2D eigenvalue weighted by Gasteiger charge is -1.90. The topological polar surface area (TPSA) is 61.2 Å². The summed E-state index contributed by atoms with van der Waals surface area (Å²) in [5, 5.41) is 15.6. The van der Waals surface area contributed by atoms with E-state index in [2.05, 4.69) is 0 Å². The number of ketones is 1. The molecule has 0 spiro atoms. The van der Waals surface area contributed by atoms with E-state index in [-0.39, 0.29) is 5.78 Å². The first-order valence-corrected chi connectivity index (χ1v) is 4.41. The second-order valence-electron chi connectivity index (χ2n) is 2.86. The first-order valence-electron chi connectivity index (χ1n) is 4.41. The van der Waals surface area contributed by atoms with Crippen LogP contribution in [0.5, 0.6) is 5.75 Å². The molecule has 1 aromatic rings. The van der Waals surface area contributed by atoms with Gasteiger partial charge in [0.05, 0.1) is 5.71 Å². The van der Waals surface area contributed by atoms with E-state index in [1.165, 1.54) is 24.3 Å². The second kappa shape index (κ2) is 5.54. The number of hydrogen-bond donors (Lipinski definition) is 2. The van der Waals surface area contributed by atoms with Crippen LogP contribution < -0.4 is 0 Å². The average molecular weight is 201 g/mol. The van der Waals surface area contributed by atoms with Gasteiger partial charge >= 0.3 is 0 Å². The van der Waals surface area contributed by atoms with Crippen LogP contribution in [0.15, 0.2) is 54.6 Å². The van der Waals surface area contributed by atoms with Crippen molar-refractivity contribution in [1.82, 2.24) is 0 Å². The van der Waals surface area contributed by atoms with Gasteiger partial charge in [-0.1, -0.05) is 18.2 Å². The molecule has 2 rings (SSSR count). The van der Waals surface area contributed by atoms with E-state index in [1.807, 2.05) is 6.07 Å². The Morgan fingerprint density at radius 3 is 1.80 bits per heavy atom. The van der Waals surface area contributed by atoms with Crippen LogP contribution in [0.3, 0.4) is 0 Å². The molecular formula is C12H11NO2. The fourth-order valence-electron chi connectivity index (χ4n) is 0.883. The SMILES string of the molecule is N=C1C=CC(=O)C=C1.Oc1ccccc1. The maximum absolute atomic E-state index is 10.3. The van der Waals surface area contributed by atoms with Gasteiger partial charge in [-0.15, -0.1) is 0 Å². The number of carbonyl (C=O) groups is 1. The predicted octanol–water partition coefficient (Wildman–Crippen LogP) is 2.09. The van der Waals surface area contributed by atoms with Crippen LogP contribution in [-0.2, 0) is 4.79 Å². The predicted molar refractivity (Wildman–Crippen MR) is 59.1 cm³/mol. The minimum Gasteiger partial charge on any atom is -0.508 e. The van der Waals surface area contributed by atoms with Gasteiger partial charge in [0.2, 0.25) is 0 Å². The van der Waals surface area contributed by atoms with Crippen LogP contribution in [0.4, 0.5) is 0 Å². The van der Waals surface area contributed by atoms with E-state index in [9.17, 15) is 4.79 Å². The number of carbonyl (C=O) groups excluding carboxylic acids is 1. The van der Waals surface area contributed by atoms with Gasteiger partial charge in [-0.25, -0.2) is 0 Å². The van der Waals surface area contributed by atoms with Gasteiger partial charge in [0.15, 0.2) is 5.78 Å². The summed E-state index contributed by atoms with van der Waals surface area (Å²) in [6.45, 7) is 0. The molecule has 0 aliphatic heterocycles. The summed E-state index contributed by atoms with van der Waals surface area (Å²) >= 11 is 0. The Morgan fingerprint density at radius 2 is 1.47 bits per heavy atom. The third-order valence-electron chi connectivity index (χ3n) is 1.61. The molecule has 1 aromatic carbocycles. The molecule has 0 aromatic heterocycles. The van der Waals surface area contributed by atoms with Gasteiger partial charge in [-0.2, -0.15) is 0 Å². The molecule has 0 bridgehead atoms. The number of phenols is 1. The third-order valence-corrected chi connectivity index (χ3v) is 1.61. The standard InChI is InChI=1S/C6H5NO.C6H6O/c7-5-1-3-6(8)4-2-5;7-6-4-2-1-3-5-6/h1-4,7H;1-5,7H. The molecule has 0 atom stereocenters. The van der Waals surface area contributed by atoms with Crippen molar-refractivity contribution < 1.29 is 9.90 Å². The number of nitrogens with one attached hydrogen (secondary N) is 1. The summed E-state index contributed by atoms with van der Waals surface area (Å²) in [4.78, 5) is 10.3. The van der Waals surface area contributed by atoms with Crippen molar-refractivity contribution >= 4 is 11.5 Å². The van der Waals surface area contributed by atoms with E-state index in [0.717, 1.165) is 0 Å². The molecule has 0 amide bonds. The highest BCUT2D eigenvalue weighted by molar-refractivity contribution is 6.15. The third kappa shape index (κ3) is 4.57. The minimum absolute atomic E-state index is 0.0407. The van der Waals surface area contributed by atoms with Crippen molar-refractivity contribution in [3.63, 3.8) is 0 Å². The zero-order chi connectivity index (χ0) is 11.1. The van der Waals surface area contributed by atoms with Gasteiger partial charge in [-0.3, -0.25) is 4.79 Å². The second-order valence-corrected chi connectivity index (χ2v) is 2.86. The quantitative estimate of drug-likeness (QED) is 0.631. The van der Waals surface area contributed by atoms with E-state index in [0.29, 0.717) is 11.5 Å². The summed E-state index contributed by atoms with van der Waals surface area (Å²) in [6, 6.07) is 8.71. The van der Waals surface area contributed by atoms with Gasteiger partial charge in [-0.05, 0) is 36.4 Å². The molecular weight excluding hydrogens is 190 g/mol. The molecule has 3 heteroatoms. The Kier molecular flexibility index (Phi) is 4.04. The fourth-order valence-corrected chi connectivity index (χ4v) is 0.883. The van der Waals surface area contributed by atoms with Crippen LogP contribution in [0, 0.1) is 5.41 Å². The molecule has 0 saturated heterocycles. The number of allylic oxidation sites excluding steroid dienone is 4. The molecule has 0 fully saturated rings. The number of rotatable bonds is 0. The van der Waals surface area contributed by atoms with Crippen molar-refractivity contribution in [2.75, 3.05) is 0 Å². The summed E-state index contributed by atoms with van der Waals surface area (Å²) in [5.74, 6) is 0.281. The first-order chi connectivity index (χ1) is 7.18. The maximum Gasteiger partial charge on any atom is 0.178 e. The zero-order valence-electron chi connectivity index (χ0n) is 8.05. The summed E-state index contributed by atoms with van der Waals surface area (Å²) in [5.41, 5.74) is 0.379. The first kappa shape index (κ1) is 10.9. The van der Waals surface area contributed by atoms with Gasteiger partial charge in [0, 0.05) is 0 Å². The van der Waals surface area contributed by atoms with E-state index >= 15 is 0 Å². The summed E-state index contributed by atoms with van der Waals surface area (Å²) in [7, 11) is 0. The summed E-state index contributed by atoms with van der Waals surface area (Å²) < 4.78 is 0. The monoisotopic (exact) mass is 201 g/mol. The molecule has 0 radical (unpaired) electrons. The van der Waals surface area contributed by atoms with Crippen molar-refractivity contribution in [3.8, 4) is 5.75 Å². The number of hydrogen-bond acceptors (Lipinski definition) is 3. The van der Waals surface area contributed by atoms with Crippen LogP contribution in [0.25, 0.3) is 0 Å². The molecule has 2 N–H and O–H groups in total. The minimum atomic E-state index is -0.0407. The van der Waals surface area contributed by atoms with E-state index in [1.54, 1.807) is 24.3 Å². The Bertz CT molecular complexity index is 367. The van der Waals surface area contributed by atoms with Crippen molar-refractivity contribution in [2.45, 2.75) is 0 Å². The lowest BCUT2D eigenvalue weighted by Crippen LogP contribution is -1.96. The van der Waals surface area contributed by atoms with Crippen molar-refractivity contribution in [3.05, 3.63) is 54.6 Å². The normalized spacial score (nSPS) is 13.3. The van der Waals surface area contributed by atoms with Gasteiger partial charge in [0.25, 0.3) is 0 Å². The zero-order valence-corrected chi connectivity index (χ0v) is 8.05. The Balaban J connectivity index is 0.000000151. The van der Waals surface area contributed by atoms with Crippen molar-refractivity contribution in [1.29, 1.82) is 5.41 Å². The molecule has 0 unspecified atom stereocenters. The van der Waals surface area contributed by atoms with Gasteiger partial charge < -0.3 is 10.5 Å². The van der Waals surface area contributed by atoms with Crippen molar-refractivity contribution in [2.24, 2.45) is 0 Å². The number of phenolic OH excluding ortho intramolecular Hbond substituents is 1. The molecule has 0 heterocycles. The molecule has 76 valence electrons. The maximum atomic E-state index is 10.3. The highest BCUT2D eigenvalue weighted by Crippen LogP contribution is 2.02. The molecule has 0 saturated carbocycles. The molecule has 1 aliphatic carbocycles. The number of benzene rings is 1. The van der Waals surface area contributed by atoms with Crippen LogP contribution in [-0.4, -0.2) is 16.6 Å². The van der Waals surface area contributed by atoms with Crippen LogP contribution >= 0.6 is 0 Å². The molecule has 3 nitrogen and oxygen atoms in total. The van der Waals surface area contributed by atoms with Gasteiger partial charge in [0.1, 0.15) is 5.75 Å². The molecule has 1 aliphatic rings. The Labute approximate surface area is 87.9 Å². The molecule has 15 heavy (non-hydrogen) atoms. The average Bonchev–Trinajstić information content (AvgIpc) is 2.25. The Hall–Kier alpha value is -2.16. The van der Waals surface area contributed by atoms with Crippen LogP contribution in [0.2, 0.25) is 0 Å². The number of aromatic hydroxyl groups is 1. The highest BCUT2D eigenvalue weighted by Gasteiger charge is 1.94. The fraction of sp³-hybridized carbons (Fsp3) is 0. The highest BCUT2D eigenvalue weighted by atomic mass is 16.3. The van der Waals surface area contributed by atoms with Crippen LogP contribution in [0.1, 0.15) is 0 Å². The smallest absolute Gasteiger partial charge is 0.178 e. The van der Waals surface area contributed by atoms with E-state index in [4.69, 9.17) is 10.5 Å². The summed E-state index contributed by atoms with van der Waals surface area (Å²) in [6.07, 6.45) is 5.70. The lowest BCUT2D eigenvalue weighted by atomic mass is 10.2.